The van der Waals surface area contributed by atoms with Crippen LogP contribution in [0.25, 0.3) is 10.9 Å². The molecule has 4 atom stereocenters. The quantitative estimate of drug-likeness (QED) is 0.596. The third-order valence-electron chi connectivity index (χ3n) is 8.13. The molecule has 1 aliphatic heterocycles. The Morgan fingerprint density at radius 1 is 1.06 bits per heavy atom. The molecular formula is C27H32N4O2. The van der Waals surface area contributed by atoms with Crippen molar-refractivity contribution in [2.24, 2.45) is 17.8 Å². The Balaban J connectivity index is 1.25. The van der Waals surface area contributed by atoms with E-state index in [1.54, 1.807) is 6.07 Å². The van der Waals surface area contributed by atoms with Crippen LogP contribution in [-0.4, -0.2) is 34.4 Å². The van der Waals surface area contributed by atoms with Crippen LogP contribution >= 0.6 is 0 Å². The van der Waals surface area contributed by atoms with Crippen LogP contribution in [-0.2, 0) is 0 Å². The highest BCUT2D eigenvalue weighted by atomic mass is 16.3. The number of aliphatic hydroxyl groups excluding tert-OH is 1. The molecule has 33 heavy (non-hydrogen) atoms. The standard InChI is InChI=1S/C27H32N4O2/c32-17-19-2-1-11-30(16-19)23-8-6-22(7-9-23)29-26-14-25-21(15-28-26)5-10-27(33)31(25)24-13-18-3-4-20(24)12-18/h5-10,14-15,18-20,24,32H,1-4,11-13,16-17H2,(H,28,29). The van der Waals surface area contributed by atoms with Gasteiger partial charge in [-0.1, -0.05) is 6.42 Å². The minimum absolute atomic E-state index is 0.101. The summed E-state index contributed by atoms with van der Waals surface area (Å²) >= 11 is 0. The number of aromatic nitrogens is 2. The molecule has 2 bridgehead atoms. The van der Waals surface area contributed by atoms with E-state index in [1.807, 2.05) is 22.9 Å². The molecule has 2 N–H and O–H groups in total. The van der Waals surface area contributed by atoms with E-state index in [0.29, 0.717) is 17.9 Å². The van der Waals surface area contributed by atoms with Crippen LogP contribution in [0.4, 0.5) is 17.2 Å². The smallest absolute Gasteiger partial charge is 0.251 e. The van der Waals surface area contributed by atoms with Crippen molar-refractivity contribution < 1.29 is 5.11 Å². The topological polar surface area (TPSA) is 70.4 Å². The predicted octanol–water partition coefficient (Wildman–Crippen LogP) is 4.71. The molecule has 2 aliphatic carbocycles. The Labute approximate surface area is 194 Å². The molecule has 3 fully saturated rings. The Hall–Kier alpha value is -2.86. The molecule has 1 aromatic carbocycles. The lowest BCUT2D eigenvalue weighted by atomic mass is 9.94. The van der Waals surface area contributed by atoms with Crippen LogP contribution < -0.4 is 15.8 Å². The summed E-state index contributed by atoms with van der Waals surface area (Å²) in [5, 5.41) is 14.0. The van der Waals surface area contributed by atoms with E-state index in [0.717, 1.165) is 60.7 Å². The van der Waals surface area contributed by atoms with Gasteiger partial charge in [0, 0.05) is 60.8 Å². The molecule has 6 heteroatoms. The molecule has 1 saturated heterocycles. The van der Waals surface area contributed by atoms with Crippen LogP contribution in [0.5, 0.6) is 0 Å². The first kappa shape index (κ1) is 20.7. The summed E-state index contributed by atoms with van der Waals surface area (Å²) < 4.78 is 2.04. The number of fused-ring (bicyclic) bond motifs is 3. The molecule has 0 spiro atoms. The number of piperidine rings is 1. The number of aliphatic hydroxyl groups is 1. The number of hydrogen-bond acceptors (Lipinski definition) is 5. The fraction of sp³-hybridized carbons (Fsp3) is 0.481. The van der Waals surface area contributed by atoms with E-state index in [1.165, 1.54) is 24.9 Å². The molecule has 6 nitrogen and oxygen atoms in total. The second-order valence-electron chi connectivity index (χ2n) is 10.2. The van der Waals surface area contributed by atoms with Gasteiger partial charge in [0.05, 0.1) is 5.52 Å². The SMILES string of the molecule is O=c1ccc2cnc(Nc3ccc(N4CCCC(CO)C4)cc3)cc2n1C1CC2CCC1C2. The van der Waals surface area contributed by atoms with Gasteiger partial charge in [-0.25, -0.2) is 4.98 Å². The minimum Gasteiger partial charge on any atom is -0.396 e. The second kappa shape index (κ2) is 8.49. The first-order chi connectivity index (χ1) is 16.2. The van der Waals surface area contributed by atoms with Crippen molar-refractivity contribution in [1.29, 1.82) is 0 Å². The average molecular weight is 445 g/mol. The summed E-state index contributed by atoms with van der Waals surface area (Å²) in [6.45, 7) is 2.21. The molecule has 0 radical (unpaired) electrons. The van der Waals surface area contributed by atoms with Crippen LogP contribution in [0.15, 0.2) is 53.5 Å². The number of rotatable bonds is 5. The summed E-state index contributed by atoms with van der Waals surface area (Å²) in [6.07, 6.45) is 9.07. The summed E-state index contributed by atoms with van der Waals surface area (Å²) in [7, 11) is 0. The molecule has 172 valence electrons. The molecule has 3 aromatic rings. The molecule has 3 aliphatic rings. The fourth-order valence-electron chi connectivity index (χ4n) is 6.44. The van der Waals surface area contributed by atoms with Crippen molar-refractivity contribution in [3.05, 3.63) is 59.0 Å². The lowest BCUT2D eigenvalue weighted by molar-refractivity contribution is 0.209. The van der Waals surface area contributed by atoms with E-state index in [4.69, 9.17) is 0 Å². The first-order valence-corrected chi connectivity index (χ1v) is 12.4. The van der Waals surface area contributed by atoms with Gasteiger partial charge in [0.2, 0.25) is 0 Å². The van der Waals surface area contributed by atoms with Crippen molar-refractivity contribution in [2.45, 2.75) is 44.6 Å². The Morgan fingerprint density at radius 2 is 1.94 bits per heavy atom. The Bertz CT molecular complexity index is 1200. The van der Waals surface area contributed by atoms with E-state index in [-0.39, 0.29) is 12.2 Å². The van der Waals surface area contributed by atoms with Gasteiger partial charge in [0.15, 0.2) is 0 Å². The summed E-state index contributed by atoms with van der Waals surface area (Å²) in [5.41, 5.74) is 3.25. The number of nitrogens with zero attached hydrogens (tertiary/aromatic N) is 3. The number of benzene rings is 1. The fourth-order valence-corrected chi connectivity index (χ4v) is 6.44. The largest absolute Gasteiger partial charge is 0.396 e. The van der Waals surface area contributed by atoms with Crippen molar-refractivity contribution >= 4 is 28.1 Å². The Kier molecular flexibility index (Phi) is 5.33. The number of pyridine rings is 2. The van der Waals surface area contributed by atoms with Crippen molar-refractivity contribution in [2.75, 3.05) is 29.9 Å². The van der Waals surface area contributed by atoms with Gasteiger partial charge in [-0.3, -0.25) is 4.79 Å². The van der Waals surface area contributed by atoms with Gasteiger partial charge >= 0.3 is 0 Å². The van der Waals surface area contributed by atoms with Crippen molar-refractivity contribution in [3.63, 3.8) is 0 Å². The molecule has 6 rings (SSSR count). The zero-order valence-electron chi connectivity index (χ0n) is 19.0. The zero-order valence-corrected chi connectivity index (χ0v) is 19.0. The molecule has 4 unspecified atom stereocenters. The maximum Gasteiger partial charge on any atom is 0.251 e. The van der Waals surface area contributed by atoms with E-state index in [2.05, 4.69) is 39.5 Å². The van der Waals surface area contributed by atoms with Gasteiger partial charge in [-0.2, -0.15) is 0 Å². The van der Waals surface area contributed by atoms with Gasteiger partial charge in [0.1, 0.15) is 5.82 Å². The van der Waals surface area contributed by atoms with Gasteiger partial charge in [-0.15, -0.1) is 0 Å². The first-order valence-electron chi connectivity index (χ1n) is 12.4. The van der Waals surface area contributed by atoms with Crippen molar-refractivity contribution in [3.8, 4) is 0 Å². The molecule has 0 amide bonds. The monoisotopic (exact) mass is 444 g/mol. The maximum atomic E-state index is 12.9. The number of anilines is 3. The van der Waals surface area contributed by atoms with Crippen LogP contribution in [0, 0.1) is 17.8 Å². The lowest BCUT2D eigenvalue weighted by Gasteiger charge is -2.33. The Morgan fingerprint density at radius 3 is 2.70 bits per heavy atom. The van der Waals surface area contributed by atoms with Crippen LogP contribution in [0.3, 0.4) is 0 Å². The summed E-state index contributed by atoms with van der Waals surface area (Å²) in [4.78, 5) is 19.9. The molecule has 2 aromatic heterocycles. The lowest BCUT2D eigenvalue weighted by Crippen LogP contribution is -2.36. The maximum absolute atomic E-state index is 12.9. The number of nitrogens with one attached hydrogen (secondary N) is 1. The third kappa shape index (κ3) is 3.90. The predicted molar refractivity (Wildman–Crippen MR) is 132 cm³/mol. The average Bonchev–Trinajstić information content (AvgIpc) is 3.48. The van der Waals surface area contributed by atoms with E-state index in [9.17, 15) is 9.90 Å². The van der Waals surface area contributed by atoms with Crippen LogP contribution in [0.2, 0.25) is 0 Å². The zero-order chi connectivity index (χ0) is 22.4. The van der Waals surface area contributed by atoms with Gasteiger partial charge < -0.3 is 19.9 Å². The van der Waals surface area contributed by atoms with Crippen LogP contribution in [0.1, 0.15) is 44.6 Å². The molecule has 3 heterocycles. The highest BCUT2D eigenvalue weighted by Gasteiger charge is 2.41. The second-order valence-corrected chi connectivity index (χ2v) is 10.2. The molecule has 2 saturated carbocycles. The number of hydrogen-bond donors (Lipinski definition) is 2. The summed E-state index contributed by atoms with van der Waals surface area (Å²) in [5.74, 6) is 2.55. The third-order valence-corrected chi connectivity index (χ3v) is 8.13. The molecular weight excluding hydrogens is 412 g/mol. The van der Waals surface area contributed by atoms with Gasteiger partial charge in [-0.05, 0) is 80.2 Å². The minimum atomic E-state index is 0.101. The highest BCUT2D eigenvalue weighted by molar-refractivity contribution is 5.81. The van der Waals surface area contributed by atoms with Gasteiger partial charge in [0.25, 0.3) is 5.56 Å². The van der Waals surface area contributed by atoms with E-state index >= 15 is 0 Å². The normalized spacial score (nSPS) is 26.8. The van der Waals surface area contributed by atoms with E-state index < -0.39 is 0 Å². The summed E-state index contributed by atoms with van der Waals surface area (Å²) in [6, 6.07) is 14.4. The highest BCUT2D eigenvalue weighted by Crippen LogP contribution is 2.50. The van der Waals surface area contributed by atoms with Crippen molar-refractivity contribution in [1.82, 2.24) is 9.55 Å².